The molecule has 1 heterocycles. The van der Waals surface area contributed by atoms with Gasteiger partial charge in [-0.3, -0.25) is 4.90 Å². The Hall–Kier alpha value is -1.68. The van der Waals surface area contributed by atoms with Crippen molar-refractivity contribution in [3.8, 4) is 0 Å². The van der Waals surface area contributed by atoms with Crippen LogP contribution in [-0.4, -0.2) is 30.4 Å². The van der Waals surface area contributed by atoms with Crippen LogP contribution in [-0.2, 0) is 22.6 Å². The van der Waals surface area contributed by atoms with E-state index in [4.69, 9.17) is 9.47 Å². The summed E-state index contributed by atoms with van der Waals surface area (Å²) in [6.45, 7) is 3.72. The molecule has 1 aliphatic carbocycles. The zero-order valence-corrected chi connectivity index (χ0v) is 16.1. The smallest absolute Gasteiger partial charge is 0.157 e. The van der Waals surface area contributed by atoms with Crippen LogP contribution in [0.1, 0.15) is 43.2 Å². The monoisotopic (exact) mass is 365 g/mol. The molecule has 0 amide bonds. The average molecular weight is 366 g/mol. The van der Waals surface area contributed by atoms with E-state index in [0.29, 0.717) is 6.04 Å². The molecule has 3 nitrogen and oxygen atoms in total. The average Bonchev–Trinajstić information content (AvgIpc) is 3.49. The van der Waals surface area contributed by atoms with E-state index >= 15 is 0 Å². The molecule has 3 unspecified atom stereocenters. The second-order valence-corrected chi connectivity index (χ2v) is 7.89. The standard InChI is InChI=1S/C24H31NO2/c1-3-9-20(10-4-1)18-25(19-21-11-5-2-6-12-21)23-17-22(23)14-16-27-24-13-7-8-15-26-24/h1-6,9-12,22-24H,7-8,13-19H2. The van der Waals surface area contributed by atoms with Gasteiger partial charge in [-0.2, -0.15) is 0 Å². The van der Waals surface area contributed by atoms with Gasteiger partial charge in [0.05, 0.1) is 6.61 Å². The maximum absolute atomic E-state index is 5.96. The van der Waals surface area contributed by atoms with Gasteiger partial charge < -0.3 is 9.47 Å². The third kappa shape index (κ3) is 5.65. The van der Waals surface area contributed by atoms with Crippen LogP contribution >= 0.6 is 0 Å². The lowest BCUT2D eigenvalue weighted by Gasteiger charge is -2.24. The van der Waals surface area contributed by atoms with E-state index in [-0.39, 0.29) is 6.29 Å². The van der Waals surface area contributed by atoms with Crippen LogP contribution in [0.15, 0.2) is 60.7 Å². The van der Waals surface area contributed by atoms with Crippen molar-refractivity contribution in [2.75, 3.05) is 13.2 Å². The van der Waals surface area contributed by atoms with Crippen molar-refractivity contribution in [3.05, 3.63) is 71.8 Å². The third-order valence-corrected chi connectivity index (χ3v) is 5.74. The number of hydrogen-bond donors (Lipinski definition) is 0. The van der Waals surface area contributed by atoms with Gasteiger partial charge in [-0.25, -0.2) is 0 Å². The van der Waals surface area contributed by atoms with Gasteiger partial charge in [-0.15, -0.1) is 0 Å². The van der Waals surface area contributed by atoms with Gasteiger partial charge in [0.2, 0.25) is 0 Å². The maximum atomic E-state index is 5.96. The highest BCUT2D eigenvalue weighted by Gasteiger charge is 2.41. The van der Waals surface area contributed by atoms with E-state index in [1.807, 2.05) is 0 Å². The van der Waals surface area contributed by atoms with Crippen molar-refractivity contribution in [2.45, 2.75) is 57.5 Å². The number of benzene rings is 2. The summed E-state index contributed by atoms with van der Waals surface area (Å²) in [5, 5.41) is 0. The largest absolute Gasteiger partial charge is 0.353 e. The van der Waals surface area contributed by atoms with Gasteiger partial charge in [0.1, 0.15) is 0 Å². The molecule has 0 N–H and O–H groups in total. The second-order valence-electron chi connectivity index (χ2n) is 7.89. The van der Waals surface area contributed by atoms with Crippen molar-refractivity contribution < 1.29 is 9.47 Å². The number of rotatable bonds is 9. The summed E-state index contributed by atoms with van der Waals surface area (Å²) in [6, 6.07) is 22.3. The number of ether oxygens (including phenoxy) is 2. The van der Waals surface area contributed by atoms with E-state index in [1.165, 1.54) is 30.4 Å². The fraction of sp³-hybridized carbons (Fsp3) is 0.500. The zero-order valence-electron chi connectivity index (χ0n) is 16.1. The van der Waals surface area contributed by atoms with Crippen molar-refractivity contribution in [1.29, 1.82) is 0 Å². The molecular formula is C24H31NO2. The van der Waals surface area contributed by atoms with Gasteiger partial charge in [0.15, 0.2) is 6.29 Å². The van der Waals surface area contributed by atoms with Gasteiger partial charge >= 0.3 is 0 Å². The summed E-state index contributed by atoms with van der Waals surface area (Å²) >= 11 is 0. The second kappa shape index (κ2) is 9.50. The highest BCUT2D eigenvalue weighted by Crippen LogP contribution is 2.40. The molecule has 2 aromatic carbocycles. The van der Waals surface area contributed by atoms with Crippen LogP contribution in [0, 0.1) is 5.92 Å². The van der Waals surface area contributed by atoms with Crippen LogP contribution in [0.25, 0.3) is 0 Å². The van der Waals surface area contributed by atoms with Crippen molar-refractivity contribution in [1.82, 2.24) is 4.90 Å². The normalized spacial score (nSPS) is 24.9. The van der Waals surface area contributed by atoms with Gasteiger partial charge in [0.25, 0.3) is 0 Å². The molecule has 3 heteroatoms. The minimum Gasteiger partial charge on any atom is -0.353 e. The van der Waals surface area contributed by atoms with Gasteiger partial charge in [-0.1, -0.05) is 60.7 Å². The number of nitrogens with zero attached hydrogens (tertiary/aromatic N) is 1. The Morgan fingerprint density at radius 3 is 2.15 bits per heavy atom. The molecule has 0 bridgehead atoms. The fourth-order valence-corrected chi connectivity index (χ4v) is 4.11. The highest BCUT2D eigenvalue weighted by atomic mass is 16.7. The van der Waals surface area contributed by atoms with E-state index < -0.39 is 0 Å². The molecule has 0 aromatic heterocycles. The first-order valence-corrected chi connectivity index (χ1v) is 10.4. The topological polar surface area (TPSA) is 21.7 Å². The molecule has 2 aliphatic rings. The molecule has 4 rings (SSSR count). The highest BCUT2D eigenvalue weighted by molar-refractivity contribution is 5.18. The van der Waals surface area contributed by atoms with Crippen LogP contribution in [0.5, 0.6) is 0 Å². The summed E-state index contributed by atoms with van der Waals surface area (Å²) < 4.78 is 11.6. The van der Waals surface area contributed by atoms with Crippen LogP contribution in [0.4, 0.5) is 0 Å². The summed E-state index contributed by atoms with van der Waals surface area (Å²) in [5.74, 6) is 0.751. The summed E-state index contributed by atoms with van der Waals surface area (Å²) in [6.07, 6.45) is 5.94. The SMILES string of the molecule is c1ccc(CN(Cc2ccccc2)C2CC2CCOC2CCCCO2)cc1. The molecule has 1 saturated carbocycles. The van der Waals surface area contributed by atoms with Crippen molar-refractivity contribution >= 4 is 0 Å². The lowest BCUT2D eigenvalue weighted by Crippen LogP contribution is -2.27. The van der Waals surface area contributed by atoms with E-state index in [0.717, 1.165) is 45.1 Å². The molecule has 0 radical (unpaired) electrons. The predicted molar refractivity (Wildman–Crippen MR) is 108 cm³/mol. The molecule has 1 aliphatic heterocycles. The summed E-state index contributed by atoms with van der Waals surface area (Å²) in [4.78, 5) is 2.65. The van der Waals surface area contributed by atoms with Crippen LogP contribution < -0.4 is 0 Å². The minimum atomic E-state index is 0.0423. The molecule has 27 heavy (non-hydrogen) atoms. The zero-order chi connectivity index (χ0) is 18.3. The molecule has 0 spiro atoms. The molecule has 3 atom stereocenters. The lowest BCUT2D eigenvalue weighted by molar-refractivity contribution is -0.163. The Morgan fingerprint density at radius 2 is 1.56 bits per heavy atom. The van der Waals surface area contributed by atoms with Crippen molar-refractivity contribution in [2.24, 2.45) is 5.92 Å². The molecule has 1 saturated heterocycles. The first-order chi connectivity index (χ1) is 13.4. The quantitative estimate of drug-likeness (QED) is 0.623. The molecule has 2 fully saturated rings. The third-order valence-electron chi connectivity index (χ3n) is 5.74. The van der Waals surface area contributed by atoms with E-state index in [1.54, 1.807) is 0 Å². The Labute approximate surface area is 163 Å². The first-order valence-electron chi connectivity index (χ1n) is 10.4. The van der Waals surface area contributed by atoms with Gasteiger partial charge in [-0.05, 0) is 49.1 Å². The van der Waals surface area contributed by atoms with Crippen LogP contribution in [0.3, 0.4) is 0 Å². The molecular weight excluding hydrogens is 334 g/mol. The Kier molecular flexibility index (Phi) is 6.57. The maximum Gasteiger partial charge on any atom is 0.157 e. The number of hydrogen-bond acceptors (Lipinski definition) is 3. The lowest BCUT2D eigenvalue weighted by atomic mass is 10.1. The summed E-state index contributed by atoms with van der Waals surface area (Å²) in [5.41, 5.74) is 2.79. The predicted octanol–water partition coefficient (Wildman–Crippen LogP) is 5.01. The van der Waals surface area contributed by atoms with E-state index in [9.17, 15) is 0 Å². The Morgan fingerprint density at radius 1 is 0.889 bits per heavy atom. The molecule has 2 aromatic rings. The summed E-state index contributed by atoms with van der Waals surface area (Å²) in [7, 11) is 0. The Balaban J connectivity index is 1.30. The van der Waals surface area contributed by atoms with E-state index in [2.05, 4.69) is 65.6 Å². The minimum absolute atomic E-state index is 0.0423. The van der Waals surface area contributed by atoms with Gasteiger partial charge in [0, 0.05) is 25.7 Å². The molecule has 144 valence electrons. The van der Waals surface area contributed by atoms with Crippen molar-refractivity contribution in [3.63, 3.8) is 0 Å². The fourth-order valence-electron chi connectivity index (χ4n) is 4.11. The first kappa shape index (κ1) is 18.7. The Bertz CT molecular complexity index is 628. The van der Waals surface area contributed by atoms with Crippen LogP contribution in [0.2, 0.25) is 0 Å².